The Morgan fingerprint density at radius 2 is 1.72 bits per heavy atom. The minimum absolute atomic E-state index is 0.0747. The average Bonchev–Trinajstić information content (AvgIpc) is 3.26. The van der Waals surface area contributed by atoms with Crippen LogP contribution in [0.3, 0.4) is 0 Å². The summed E-state index contributed by atoms with van der Waals surface area (Å²) < 4.78 is 1.77. The highest BCUT2D eigenvalue weighted by atomic mass is 16.2. The number of nitrogens with zero attached hydrogens (tertiary/aromatic N) is 4. The molecule has 0 saturated carbocycles. The van der Waals surface area contributed by atoms with Crippen LogP contribution in [0.4, 0.5) is 5.69 Å². The van der Waals surface area contributed by atoms with Crippen molar-refractivity contribution >= 4 is 17.5 Å². The summed E-state index contributed by atoms with van der Waals surface area (Å²) in [6, 6.07) is 19.7. The van der Waals surface area contributed by atoms with E-state index in [1.165, 1.54) is 5.56 Å². The first-order valence-electron chi connectivity index (χ1n) is 11.0. The van der Waals surface area contributed by atoms with Crippen LogP contribution in [0.5, 0.6) is 0 Å². The van der Waals surface area contributed by atoms with Crippen LogP contribution in [0.2, 0.25) is 0 Å². The molecular formula is C25H29N5O2. The van der Waals surface area contributed by atoms with E-state index in [1.807, 2.05) is 37.4 Å². The monoisotopic (exact) mass is 431 g/mol. The van der Waals surface area contributed by atoms with Crippen LogP contribution in [0.25, 0.3) is 5.69 Å². The molecule has 7 nitrogen and oxygen atoms in total. The number of carbonyl (C=O) groups is 2. The molecule has 4 rings (SSSR count). The third-order valence-electron chi connectivity index (χ3n) is 5.98. The lowest BCUT2D eigenvalue weighted by molar-refractivity contribution is -0.144. The average molecular weight is 432 g/mol. The number of aromatic nitrogens is 2. The molecule has 166 valence electrons. The fraction of sp³-hybridized carbons (Fsp3) is 0.320. The van der Waals surface area contributed by atoms with E-state index >= 15 is 0 Å². The number of likely N-dealkylation sites (N-methyl/N-ethyl adjacent to an activating group) is 1. The van der Waals surface area contributed by atoms with Crippen molar-refractivity contribution in [2.45, 2.75) is 32.4 Å². The van der Waals surface area contributed by atoms with E-state index < -0.39 is 11.8 Å². The van der Waals surface area contributed by atoms with Crippen molar-refractivity contribution < 1.29 is 9.59 Å². The number of aryl methyl sites for hydroxylation is 1. The van der Waals surface area contributed by atoms with Crippen LogP contribution in [0.15, 0.2) is 66.9 Å². The number of nitrogens with one attached hydrogen (secondary N) is 1. The first kappa shape index (κ1) is 21.8. The maximum absolute atomic E-state index is 12.7. The normalized spacial score (nSPS) is 14.8. The molecule has 0 aliphatic carbocycles. The fourth-order valence-electron chi connectivity index (χ4n) is 4.07. The topological polar surface area (TPSA) is 70.5 Å². The zero-order valence-electron chi connectivity index (χ0n) is 18.6. The minimum atomic E-state index is -0.609. The van der Waals surface area contributed by atoms with Gasteiger partial charge in [-0.15, -0.1) is 0 Å². The van der Waals surface area contributed by atoms with Gasteiger partial charge in [-0.1, -0.05) is 30.3 Å². The molecule has 1 aliphatic heterocycles. The van der Waals surface area contributed by atoms with E-state index in [1.54, 1.807) is 28.8 Å². The van der Waals surface area contributed by atoms with Gasteiger partial charge in [0.25, 0.3) is 0 Å². The molecule has 1 N–H and O–H groups in total. The molecule has 0 bridgehead atoms. The molecule has 1 fully saturated rings. The van der Waals surface area contributed by atoms with Crippen molar-refractivity contribution in [3.8, 4) is 5.69 Å². The summed E-state index contributed by atoms with van der Waals surface area (Å²) in [5.74, 6) is -1.11. The van der Waals surface area contributed by atoms with Crippen molar-refractivity contribution in [3.63, 3.8) is 0 Å². The van der Waals surface area contributed by atoms with Gasteiger partial charge in [0.15, 0.2) is 0 Å². The molecule has 32 heavy (non-hydrogen) atoms. The van der Waals surface area contributed by atoms with Gasteiger partial charge in [0.2, 0.25) is 0 Å². The van der Waals surface area contributed by atoms with Crippen molar-refractivity contribution in [3.05, 3.63) is 78.1 Å². The van der Waals surface area contributed by atoms with Crippen LogP contribution in [-0.2, 0) is 16.1 Å². The van der Waals surface area contributed by atoms with Gasteiger partial charge in [-0.2, -0.15) is 5.10 Å². The van der Waals surface area contributed by atoms with Crippen molar-refractivity contribution in [1.82, 2.24) is 19.6 Å². The second-order valence-electron chi connectivity index (χ2n) is 8.31. The summed E-state index contributed by atoms with van der Waals surface area (Å²) in [4.78, 5) is 29.2. The Kier molecular flexibility index (Phi) is 6.66. The number of amides is 2. The Morgan fingerprint density at radius 3 is 2.34 bits per heavy atom. The molecule has 3 aromatic rings. The maximum Gasteiger partial charge on any atom is 0.313 e. The van der Waals surface area contributed by atoms with Gasteiger partial charge in [-0.25, -0.2) is 4.68 Å². The second-order valence-corrected chi connectivity index (χ2v) is 8.31. The summed E-state index contributed by atoms with van der Waals surface area (Å²) in [6.45, 7) is 4.67. The lowest BCUT2D eigenvalue weighted by Gasteiger charge is -2.36. The van der Waals surface area contributed by atoms with Crippen LogP contribution in [0.1, 0.15) is 24.1 Å². The highest BCUT2D eigenvalue weighted by molar-refractivity contribution is 6.39. The molecule has 2 heterocycles. The molecule has 0 radical (unpaired) electrons. The zero-order chi connectivity index (χ0) is 22.5. The number of anilines is 1. The lowest BCUT2D eigenvalue weighted by atomic mass is 10.0. The third kappa shape index (κ3) is 5.23. The van der Waals surface area contributed by atoms with E-state index in [0.29, 0.717) is 5.69 Å². The standard InChI is InChI=1S/C25H29N5O2/c1-19-12-17-30(27-19)23-10-8-21(9-11-23)26-24(31)25(32)28(2)22-13-15-29(16-14-22)18-20-6-4-3-5-7-20/h3-12,17,22H,13-16,18H2,1-2H3,(H,26,31). The lowest BCUT2D eigenvalue weighted by Crippen LogP contribution is -2.48. The largest absolute Gasteiger partial charge is 0.334 e. The number of piperidine rings is 1. The van der Waals surface area contributed by atoms with Gasteiger partial charge in [-0.05, 0) is 55.7 Å². The molecule has 0 spiro atoms. The number of hydrogen-bond donors (Lipinski definition) is 1. The van der Waals surface area contributed by atoms with E-state index in [2.05, 4.69) is 39.6 Å². The van der Waals surface area contributed by atoms with Crippen LogP contribution in [-0.4, -0.2) is 57.6 Å². The van der Waals surface area contributed by atoms with Crippen molar-refractivity contribution in [1.29, 1.82) is 0 Å². The van der Waals surface area contributed by atoms with Gasteiger partial charge in [-0.3, -0.25) is 14.5 Å². The summed E-state index contributed by atoms with van der Waals surface area (Å²) in [7, 11) is 1.72. The Hall–Kier alpha value is -3.45. The predicted octanol–water partition coefficient (Wildman–Crippen LogP) is 3.24. The van der Waals surface area contributed by atoms with Crippen LogP contribution >= 0.6 is 0 Å². The molecule has 1 saturated heterocycles. The summed E-state index contributed by atoms with van der Waals surface area (Å²) in [5, 5.41) is 7.09. The number of rotatable bonds is 5. The first-order valence-corrected chi connectivity index (χ1v) is 11.0. The second kappa shape index (κ2) is 9.78. The molecule has 0 atom stereocenters. The SMILES string of the molecule is Cc1ccn(-c2ccc(NC(=O)C(=O)N(C)C3CCN(Cc4ccccc4)CC3)cc2)n1. The predicted molar refractivity (Wildman–Crippen MR) is 124 cm³/mol. The Bertz CT molecular complexity index is 1050. The number of hydrogen-bond acceptors (Lipinski definition) is 4. The summed E-state index contributed by atoms with van der Waals surface area (Å²) >= 11 is 0. The van der Waals surface area contributed by atoms with Crippen LogP contribution < -0.4 is 5.32 Å². The van der Waals surface area contributed by atoms with E-state index in [9.17, 15) is 9.59 Å². The molecule has 1 aliphatic rings. The van der Waals surface area contributed by atoms with Crippen molar-refractivity contribution in [2.24, 2.45) is 0 Å². The Labute approximate surface area is 188 Å². The molecule has 2 amide bonds. The Morgan fingerprint density at radius 1 is 1.03 bits per heavy atom. The van der Waals surface area contributed by atoms with Gasteiger partial charge in [0.05, 0.1) is 11.4 Å². The first-order chi connectivity index (χ1) is 15.5. The minimum Gasteiger partial charge on any atom is -0.334 e. The van der Waals surface area contributed by atoms with Gasteiger partial charge in [0.1, 0.15) is 0 Å². The number of carbonyl (C=O) groups excluding carboxylic acids is 2. The third-order valence-corrected chi connectivity index (χ3v) is 5.98. The van der Waals surface area contributed by atoms with E-state index in [4.69, 9.17) is 0 Å². The Balaban J connectivity index is 1.28. The highest BCUT2D eigenvalue weighted by Gasteiger charge is 2.28. The molecule has 7 heteroatoms. The van der Waals surface area contributed by atoms with Gasteiger partial charge in [0, 0.05) is 44.6 Å². The molecular weight excluding hydrogens is 402 g/mol. The fourth-order valence-corrected chi connectivity index (χ4v) is 4.07. The van der Waals surface area contributed by atoms with E-state index in [0.717, 1.165) is 43.9 Å². The zero-order valence-corrected chi connectivity index (χ0v) is 18.6. The highest BCUT2D eigenvalue weighted by Crippen LogP contribution is 2.19. The molecule has 0 unspecified atom stereocenters. The maximum atomic E-state index is 12.7. The summed E-state index contributed by atoms with van der Waals surface area (Å²) in [6.07, 6.45) is 3.60. The van der Waals surface area contributed by atoms with E-state index in [-0.39, 0.29) is 6.04 Å². The number of benzene rings is 2. The van der Waals surface area contributed by atoms with Gasteiger partial charge < -0.3 is 10.2 Å². The quantitative estimate of drug-likeness (QED) is 0.630. The summed E-state index contributed by atoms with van der Waals surface area (Å²) in [5.41, 5.74) is 3.70. The molecule has 1 aromatic heterocycles. The van der Waals surface area contributed by atoms with Gasteiger partial charge >= 0.3 is 11.8 Å². The number of likely N-dealkylation sites (tertiary alicyclic amines) is 1. The molecule has 2 aromatic carbocycles. The smallest absolute Gasteiger partial charge is 0.313 e. The van der Waals surface area contributed by atoms with Crippen molar-refractivity contribution in [2.75, 3.05) is 25.5 Å². The van der Waals surface area contributed by atoms with Crippen LogP contribution in [0, 0.1) is 6.92 Å².